The molecule has 0 unspecified atom stereocenters. The van der Waals surface area contributed by atoms with Crippen molar-refractivity contribution < 1.29 is 14.3 Å². The van der Waals surface area contributed by atoms with Gasteiger partial charge in [0, 0.05) is 17.9 Å². The molecule has 1 spiro atoms. The predicted molar refractivity (Wildman–Crippen MR) is 107 cm³/mol. The van der Waals surface area contributed by atoms with Gasteiger partial charge in [-0.25, -0.2) is 0 Å². The number of piperidine rings is 1. The van der Waals surface area contributed by atoms with Gasteiger partial charge in [0.15, 0.2) is 0 Å². The second-order valence-electron chi connectivity index (χ2n) is 11.8. The summed E-state index contributed by atoms with van der Waals surface area (Å²) in [6.45, 7) is 8.97. The molecule has 4 heteroatoms. The van der Waals surface area contributed by atoms with E-state index in [9.17, 15) is 9.59 Å². The van der Waals surface area contributed by atoms with Crippen molar-refractivity contribution in [3.05, 3.63) is 0 Å². The molecule has 0 aromatic rings. The first-order valence-electron chi connectivity index (χ1n) is 11.6. The summed E-state index contributed by atoms with van der Waals surface area (Å²) in [7, 11) is 0. The Bertz CT molecular complexity index is 717. The molecule has 1 N–H and O–H groups in total. The van der Waals surface area contributed by atoms with Crippen molar-refractivity contribution in [2.24, 2.45) is 34.0 Å². The lowest BCUT2D eigenvalue weighted by Gasteiger charge is -2.62. The van der Waals surface area contributed by atoms with Crippen LogP contribution < -0.4 is 5.32 Å². The molecule has 4 nitrogen and oxygen atoms in total. The highest BCUT2D eigenvalue weighted by molar-refractivity contribution is 5.78. The first-order chi connectivity index (χ1) is 13.1. The lowest BCUT2D eigenvalue weighted by molar-refractivity contribution is -0.211. The van der Waals surface area contributed by atoms with Crippen molar-refractivity contribution in [2.75, 3.05) is 0 Å². The van der Waals surface area contributed by atoms with Gasteiger partial charge in [-0.15, -0.1) is 0 Å². The van der Waals surface area contributed by atoms with Crippen LogP contribution in [0.5, 0.6) is 0 Å². The largest absolute Gasteiger partial charge is 0.458 e. The number of hydrogen-bond donors (Lipinski definition) is 1. The first-order valence-corrected chi connectivity index (χ1v) is 11.6. The summed E-state index contributed by atoms with van der Waals surface area (Å²) in [5.74, 6) is 2.36. The number of amides is 1. The fourth-order valence-corrected chi connectivity index (χ4v) is 8.36. The van der Waals surface area contributed by atoms with E-state index in [1.54, 1.807) is 0 Å². The van der Waals surface area contributed by atoms with Crippen molar-refractivity contribution in [2.45, 2.75) is 104 Å². The van der Waals surface area contributed by atoms with E-state index in [1.807, 2.05) is 13.8 Å². The molecule has 5 fully saturated rings. The van der Waals surface area contributed by atoms with E-state index in [4.69, 9.17) is 4.74 Å². The van der Waals surface area contributed by atoms with Gasteiger partial charge in [-0.05, 0) is 94.8 Å². The molecule has 0 aromatic heterocycles. The minimum absolute atomic E-state index is 0.0217. The third-order valence-corrected chi connectivity index (χ3v) is 10.4. The Kier molecular flexibility index (Phi) is 3.89. The summed E-state index contributed by atoms with van der Waals surface area (Å²) in [5.41, 5.74) is -0.183. The third-order valence-electron chi connectivity index (χ3n) is 10.4. The highest BCUT2D eigenvalue weighted by Gasteiger charge is 2.67. The monoisotopic (exact) mass is 387 g/mol. The smallest absolute Gasteiger partial charge is 0.312 e. The first kappa shape index (κ1) is 18.9. The normalized spacial score (nSPS) is 52.3. The Hall–Kier alpha value is -1.06. The summed E-state index contributed by atoms with van der Waals surface area (Å²) in [4.78, 5) is 24.8. The second-order valence-corrected chi connectivity index (χ2v) is 11.8. The SMILES string of the molecule is CC1(C)CC[C@@]2(CC[C@H]3[C@@H]4CC[C@H]5NC(=O)CC[C@]5(C)[C@H]4CC[C@@]32C)OC1=O. The van der Waals surface area contributed by atoms with Crippen molar-refractivity contribution >= 4 is 11.9 Å². The molecule has 2 aliphatic heterocycles. The number of carbonyl (C=O) groups is 2. The lowest BCUT2D eigenvalue weighted by Crippen LogP contribution is -2.63. The average Bonchev–Trinajstić information content (AvgIpc) is 2.92. The molecule has 2 saturated heterocycles. The molecule has 3 aliphatic carbocycles. The maximum absolute atomic E-state index is 12.8. The fourth-order valence-electron chi connectivity index (χ4n) is 8.36. The molecule has 0 radical (unpaired) electrons. The quantitative estimate of drug-likeness (QED) is 0.618. The van der Waals surface area contributed by atoms with Crippen LogP contribution in [-0.4, -0.2) is 23.5 Å². The summed E-state index contributed by atoms with van der Waals surface area (Å²) < 4.78 is 6.35. The van der Waals surface area contributed by atoms with E-state index in [1.165, 1.54) is 25.7 Å². The van der Waals surface area contributed by atoms with E-state index in [0.29, 0.717) is 24.3 Å². The molecule has 0 aromatic carbocycles. The van der Waals surface area contributed by atoms with E-state index in [-0.39, 0.29) is 33.7 Å². The van der Waals surface area contributed by atoms with Crippen molar-refractivity contribution in [1.82, 2.24) is 5.32 Å². The number of ether oxygens (including phenoxy) is 1. The van der Waals surface area contributed by atoms with Gasteiger partial charge >= 0.3 is 5.97 Å². The van der Waals surface area contributed by atoms with Gasteiger partial charge in [0.25, 0.3) is 0 Å². The van der Waals surface area contributed by atoms with E-state index in [0.717, 1.165) is 38.0 Å². The number of carbonyl (C=O) groups excluding carboxylic acids is 2. The molecule has 1 amide bonds. The maximum Gasteiger partial charge on any atom is 0.312 e. The number of esters is 1. The molecular weight excluding hydrogens is 350 g/mol. The lowest BCUT2D eigenvalue weighted by atomic mass is 9.46. The Morgan fingerprint density at radius 2 is 1.61 bits per heavy atom. The van der Waals surface area contributed by atoms with E-state index >= 15 is 0 Å². The zero-order valence-corrected chi connectivity index (χ0v) is 18.1. The van der Waals surface area contributed by atoms with Gasteiger partial charge in [-0.1, -0.05) is 13.8 Å². The van der Waals surface area contributed by atoms with Crippen LogP contribution in [0.25, 0.3) is 0 Å². The van der Waals surface area contributed by atoms with E-state index in [2.05, 4.69) is 19.2 Å². The van der Waals surface area contributed by atoms with Gasteiger partial charge in [0.05, 0.1) is 5.41 Å². The maximum atomic E-state index is 12.8. The Morgan fingerprint density at radius 3 is 2.36 bits per heavy atom. The molecule has 0 bridgehead atoms. The van der Waals surface area contributed by atoms with Crippen LogP contribution in [-0.2, 0) is 14.3 Å². The van der Waals surface area contributed by atoms with Gasteiger partial charge in [0.2, 0.25) is 5.91 Å². The highest BCUT2D eigenvalue weighted by Crippen LogP contribution is 2.69. The number of rotatable bonds is 0. The van der Waals surface area contributed by atoms with Gasteiger partial charge in [-0.2, -0.15) is 0 Å². The second kappa shape index (κ2) is 5.76. The molecule has 2 heterocycles. The summed E-state index contributed by atoms with van der Waals surface area (Å²) in [5, 5.41) is 3.32. The third kappa shape index (κ3) is 2.29. The van der Waals surface area contributed by atoms with Crippen LogP contribution in [0.3, 0.4) is 0 Å². The van der Waals surface area contributed by atoms with Crippen LogP contribution in [0, 0.1) is 34.0 Å². The van der Waals surface area contributed by atoms with Crippen molar-refractivity contribution in [1.29, 1.82) is 0 Å². The fraction of sp³-hybridized carbons (Fsp3) is 0.917. The van der Waals surface area contributed by atoms with Crippen LogP contribution in [0.15, 0.2) is 0 Å². The van der Waals surface area contributed by atoms with Gasteiger partial charge in [0.1, 0.15) is 5.60 Å². The predicted octanol–water partition coefficient (Wildman–Crippen LogP) is 4.61. The molecular formula is C24H37NO3. The Balaban J connectivity index is 1.43. The number of hydrogen-bond acceptors (Lipinski definition) is 3. The molecule has 5 aliphatic rings. The summed E-state index contributed by atoms with van der Waals surface area (Å²) in [6.07, 6.45) is 10.7. The van der Waals surface area contributed by atoms with Crippen molar-refractivity contribution in [3.63, 3.8) is 0 Å². The Morgan fingerprint density at radius 1 is 0.857 bits per heavy atom. The zero-order chi connectivity index (χ0) is 19.9. The van der Waals surface area contributed by atoms with Crippen LogP contribution in [0.2, 0.25) is 0 Å². The topological polar surface area (TPSA) is 55.4 Å². The van der Waals surface area contributed by atoms with Crippen LogP contribution >= 0.6 is 0 Å². The standard InChI is InChI=1S/C24H37NO3/c1-21(2)13-14-24(28-20(21)27)12-8-17-15-5-6-18-22(3,10-9-19(26)25-18)16(15)7-11-23(17,24)4/h15-18H,5-14H2,1-4H3,(H,25,26)/t15-,16+,17+,18-,22-,23+,24-/m1/s1. The molecule has 3 saturated carbocycles. The number of nitrogens with one attached hydrogen (secondary N) is 1. The number of fused-ring (bicyclic) bond motifs is 6. The van der Waals surface area contributed by atoms with Crippen LogP contribution in [0.4, 0.5) is 0 Å². The summed E-state index contributed by atoms with van der Waals surface area (Å²) >= 11 is 0. The molecule has 28 heavy (non-hydrogen) atoms. The molecule has 7 atom stereocenters. The molecule has 5 rings (SSSR count). The Labute approximate surface area is 169 Å². The minimum atomic E-state index is -0.331. The van der Waals surface area contributed by atoms with Gasteiger partial charge in [-0.3, -0.25) is 9.59 Å². The molecule has 156 valence electrons. The minimum Gasteiger partial charge on any atom is -0.458 e. The van der Waals surface area contributed by atoms with Gasteiger partial charge < -0.3 is 10.1 Å². The summed E-state index contributed by atoms with van der Waals surface area (Å²) in [6, 6.07) is 0.364. The zero-order valence-electron chi connectivity index (χ0n) is 18.1. The average molecular weight is 388 g/mol. The van der Waals surface area contributed by atoms with E-state index < -0.39 is 0 Å². The highest BCUT2D eigenvalue weighted by atomic mass is 16.6. The van der Waals surface area contributed by atoms with Crippen LogP contribution in [0.1, 0.15) is 91.9 Å². The van der Waals surface area contributed by atoms with Crippen molar-refractivity contribution in [3.8, 4) is 0 Å².